The van der Waals surface area contributed by atoms with E-state index in [2.05, 4.69) is 4.98 Å². The number of imidazole rings is 1. The number of para-hydroxylation sites is 2. The maximum atomic E-state index is 10.1. The van der Waals surface area contributed by atoms with E-state index >= 15 is 0 Å². The third-order valence-electron chi connectivity index (χ3n) is 3.19. The molecule has 21 heavy (non-hydrogen) atoms. The van der Waals surface area contributed by atoms with E-state index in [1.165, 1.54) is 0 Å². The zero-order valence-corrected chi connectivity index (χ0v) is 12.1. The molecule has 0 saturated heterocycles. The lowest BCUT2D eigenvalue weighted by molar-refractivity contribution is 0.0934. The van der Waals surface area contributed by atoms with E-state index in [4.69, 9.17) is 16.3 Å². The maximum absolute atomic E-state index is 10.1. The van der Waals surface area contributed by atoms with Gasteiger partial charge in [0.15, 0.2) is 0 Å². The van der Waals surface area contributed by atoms with Crippen molar-refractivity contribution in [2.24, 2.45) is 0 Å². The van der Waals surface area contributed by atoms with Crippen LogP contribution in [0.4, 0.5) is 0 Å². The summed E-state index contributed by atoms with van der Waals surface area (Å²) in [5.41, 5.74) is 1.92. The summed E-state index contributed by atoms with van der Waals surface area (Å²) in [6.45, 7) is 0.655. The van der Waals surface area contributed by atoms with Gasteiger partial charge in [0, 0.05) is 5.02 Å². The Balaban J connectivity index is 1.61. The molecule has 5 heteroatoms. The Morgan fingerprint density at radius 1 is 1.14 bits per heavy atom. The standard InChI is InChI=1S/C16H15ClN2O2/c17-12-5-7-14(8-6-12)21-10-13(20)9-19-11-18-15-3-1-2-4-16(15)19/h1-8,11,13,20H,9-10H2. The number of aliphatic hydroxyl groups is 1. The van der Waals surface area contributed by atoms with Gasteiger partial charge in [0.2, 0.25) is 0 Å². The molecule has 2 aromatic carbocycles. The molecule has 1 heterocycles. The van der Waals surface area contributed by atoms with Gasteiger partial charge in [-0.05, 0) is 36.4 Å². The van der Waals surface area contributed by atoms with Gasteiger partial charge in [-0.3, -0.25) is 0 Å². The molecule has 0 aliphatic carbocycles. The van der Waals surface area contributed by atoms with E-state index in [1.54, 1.807) is 30.6 Å². The number of ether oxygens (including phenoxy) is 1. The van der Waals surface area contributed by atoms with Crippen LogP contribution in [0.5, 0.6) is 5.75 Å². The zero-order chi connectivity index (χ0) is 14.7. The minimum atomic E-state index is -0.613. The van der Waals surface area contributed by atoms with Crippen molar-refractivity contribution in [2.75, 3.05) is 6.61 Å². The molecule has 0 aliphatic rings. The highest BCUT2D eigenvalue weighted by Gasteiger charge is 2.09. The Hall–Kier alpha value is -2.04. The number of hydrogen-bond acceptors (Lipinski definition) is 3. The molecule has 0 spiro atoms. The molecule has 0 bridgehead atoms. The lowest BCUT2D eigenvalue weighted by Gasteiger charge is -2.13. The van der Waals surface area contributed by atoms with E-state index in [1.807, 2.05) is 28.8 Å². The molecule has 1 N–H and O–H groups in total. The van der Waals surface area contributed by atoms with Gasteiger partial charge in [-0.2, -0.15) is 0 Å². The second-order valence-electron chi connectivity index (χ2n) is 4.80. The molecule has 0 saturated carbocycles. The van der Waals surface area contributed by atoms with Gasteiger partial charge in [0.25, 0.3) is 0 Å². The molecule has 0 fully saturated rings. The van der Waals surface area contributed by atoms with Gasteiger partial charge in [0.05, 0.1) is 23.9 Å². The minimum absolute atomic E-state index is 0.216. The average Bonchev–Trinajstić information content (AvgIpc) is 2.90. The number of aromatic nitrogens is 2. The molecule has 108 valence electrons. The largest absolute Gasteiger partial charge is 0.491 e. The topological polar surface area (TPSA) is 47.3 Å². The Kier molecular flexibility index (Phi) is 4.08. The molecular formula is C16H15ClN2O2. The molecule has 0 aliphatic heterocycles. The van der Waals surface area contributed by atoms with Crippen molar-refractivity contribution in [3.8, 4) is 5.75 Å². The fourth-order valence-corrected chi connectivity index (χ4v) is 2.28. The summed E-state index contributed by atoms with van der Waals surface area (Å²) in [6, 6.07) is 14.9. The fourth-order valence-electron chi connectivity index (χ4n) is 2.16. The predicted octanol–water partition coefficient (Wildman–Crippen LogP) is 3.13. The number of nitrogens with zero attached hydrogens (tertiary/aromatic N) is 2. The molecule has 4 nitrogen and oxygen atoms in total. The van der Waals surface area contributed by atoms with E-state index in [-0.39, 0.29) is 6.61 Å². The molecule has 0 amide bonds. The molecule has 3 aromatic rings. The van der Waals surface area contributed by atoms with Crippen molar-refractivity contribution in [3.05, 3.63) is 59.9 Å². The quantitative estimate of drug-likeness (QED) is 0.787. The van der Waals surface area contributed by atoms with Crippen molar-refractivity contribution >= 4 is 22.6 Å². The van der Waals surface area contributed by atoms with E-state index in [9.17, 15) is 5.11 Å². The first-order valence-electron chi connectivity index (χ1n) is 6.69. The van der Waals surface area contributed by atoms with Gasteiger partial charge in [-0.25, -0.2) is 4.98 Å². The summed E-state index contributed by atoms with van der Waals surface area (Å²) in [7, 11) is 0. The van der Waals surface area contributed by atoms with Gasteiger partial charge >= 0.3 is 0 Å². The van der Waals surface area contributed by atoms with Crippen LogP contribution in [0.2, 0.25) is 5.02 Å². The van der Waals surface area contributed by atoms with Crippen LogP contribution in [0, 0.1) is 0 Å². The molecular weight excluding hydrogens is 288 g/mol. The van der Waals surface area contributed by atoms with Crippen molar-refractivity contribution in [1.29, 1.82) is 0 Å². The molecule has 1 unspecified atom stereocenters. The Bertz CT molecular complexity index is 724. The van der Waals surface area contributed by atoms with Crippen LogP contribution in [0.25, 0.3) is 11.0 Å². The summed E-state index contributed by atoms with van der Waals surface area (Å²) >= 11 is 5.81. The van der Waals surface area contributed by atoms with Crippen LogP contribution < -0.4 is 4.74 Å². The number of rotatable bonds is 5. The number of fused-ring (bicyclic) bond motifs is 1. The summed E-state index contributed by atoms with van der Waals surface area (Å²) in [6.07, 6.45) is 1.12. The lowest BCUT2D eigenvalue weighted by Crippen LogP contribution is -2.23. The highest BCUT2D eigenvalue weighted by molar-refractivity contribution is 6.30. The van der Waals surface area contributed by atoms with Crippen LogP contribution in [-0.2, 0) is 6.54 Å². The second kappa shape index (κ2) is 6.16. The molecule has 1 atom stereocenters. The Morgan fingerprint density at radius 2 is 1.90 bits per heavy atom. The third kappa shape index (κ3) is 3.35. The fraction of sp³-hybridized carbons (Fsp3) is 0.188. The van der Waals surface area contributed by atoms with Crippen molar-refractivity contribution < 1.29 is 9.84 Å². The Morgan fingerprint density at radius 3 is 2.71 bits per heavy atom. The number of hydrogen-bond donors (Lipinski definition) is 1. The summed E-state index contributed by atoms with van der Waals surface area (Å²) < 4.78 is 7.46. The number of benzene rings is 2. The van der Waals surface area contributed by atoms with Crippen LogP contribution in [0.3, 0.4) is 0 Å². The highest BCUT2D eigenvalue weighted by Crippen LogP contribution is 2.16. The second-order valence-corrected chi connectivity index (χ2v) is 5.24. The average molecular weight is 303 g/mol. The molecule has 1 aromatic heterocycles. The Labute approximate surface area is 127 Å². The third-order valence-corrected chi connectivity index (χ3v) is 3.44. The predicted molar refractivity (Wildman–Crippen MR) is 82.7 cm³/mol. The van der Waals surface area contributed by atoms with Crippen molar-refractivity contribution in [2.45, 2.75) is 12.6 Å². The van der Waals surface area contributed by atoms with E-state index in [0.29, 0.717) is 17.3 Å². The van der Waals surface area contributed by atoms with Crippen molar-refractivity contribution in [3.63, 3.8) is 0 Å². The van der Waals surface area contributed by atoms with Gasteiger partial charge in [-0.15, -0.1) is 0 Å². The highest BCUT2D eigenvalue weighted by atomic mass is 35.5. The lowest BCUT2D eigenvalue weighted by atomic mass is 10.3. The number of aliphatic hydroxyl groups excluding tert-OH is 1. The van der Waals surface area contributed by atoms with Crippen LogP contribution in [-0.4, -0.2) is 27.4 Å². The summed E-state index contributed by atoms with van der Waals surface area (Å²) in [4.78, 5) is 4.30. The zero-order valence-electron chi connectivity index (χ0n) is 11.3. The van der Waals surface area contributed by atoms with E-state index in [0.717, 1.165) is 11.0 Å². The van der Waals surface area contributed by atoms with E-state index < -0.39 is 6.10 Å². The van der Waals surface area contributed by atoms with Crippen LogP contribution >= 0.6 is 11.6 Å². The number of halogens is 1. The minimum Gasteiger partial charge on any atom is -0.491 e. The molecule has 3 rings (SSSR count). The van der Waals surface area contributed by atoms with Crippen LogP contribution in [0.1, 0.15) is 0 Å². The summed E-state index contributed by atoms with van der Waals surface area (Å²) in [5.74, 6) is 0.689. The molecule has 0 radical (unpaired) electrons. The van der Waals surface area contributed by atoms with Gasteiger partial charge in [0.1, 0.15) is 18.5 Å². The maximum Gasteiger partial charge on any atom is 0.119 e. The van der Waals surface area contributed by atoms with Gasteiger partial charge < -0.3 is 14.4 Å². The van der Waals surface area contributed by atoms with Gasteiger partial charge in [-0.1, -0.05) is 23.7 Å². The first kappa shape index (κ1) is 13.9. The smallest absolute Gasteiger partial charge is 0.119 e. The van der Waals surface area contributed by atoms with Crippen LogP contribution in [0.15, 0.2) is 54.9 Å². The summed E-state index contributed by atoms with van der Waals surface area (Å²) in [5, 5.41) is 10.8. The SMILES string of the molecule is OC(COc1ccc(Cl)cc1)Cn1cnc2ccccc21. The first-order valence-corrected chi connectivity index (χ1v) is 7.06. The normalized spacial score (nSPS) is 12.5. The van der Waals surface area contributed by atoms with Crippen molar-refractivity contribution in [1.82, 2.24) is 9.55 Å². The first-order chi connectivity index (χ1) is 10.2. The monoisotopic (exact) mass is 302 g/mol.